The second kappa shape index (κ2) is 7.25. The Kier molecular flexibility index (Phi) is 4.64. The van der Waals surface area contributed by atoms with Gasteiger partial charge in [-0.05, 0) is 43.3 Å². The van der Waals surface area contributed by atoms with Crippen LogP contribution in [-0.2, 0) is 0 Å². The van der Waals surface area contributed by atoms with Gasteiger partial charge in [0.25, 0.3) is 0 Å². The van der Waals surface area contributed by atoms with Gasteiger partial charge in [-0.2, -0.15) is 0 Å². The summed E-state index contributed by atoms with van der Waals surface area (Å²) >= 11 is 1.51. The number of fused-ring (bicyclic) bond motifs is 1. The van der Waals surface area contributed by atoms with E-state index in [4.69, 9.17) is 14.5 Å². The molecule has 0 bridgehead atoms. The molecule has 2 heterocycles. The average Bonchev–Trinajstić information content (AvgIpc) is 3.28. The Morgan fingerprint density at radius 2 is 1.93 bits per heavy atom. The highest BCUT2D eigenvalue weighted by Gasteiger charge is 2.18. The summed E-state index contributed by atoms with van der Waals surface area (Å²) in [5, 5.41) is 2.01. The number of aromatic nitrogens is 2. The van der Waals surface area contributed by atoms with Crippen LogP contribution in [0.15, 0.2) is 53.9 Å². The second-order valence-electron chi connectivity index (χ2n) is 5.89. The molecule has 0 aliphatic heterocycles. The molecule has 0 unspecified atom stereocenters. The highest BCUT2D eigenvalue weighted by atomic mass is 32.1. The SMILES string of the molecule is CCOc1ccc(-c2nc3scc(-c4cccc(OC)c4)n3c2C=O)cc1. The molecule has 0 radical (unpaired) electrons. The van der Waals surface area contributed by atoms with Crippen molar-refractivity contribution >= 4 is 22.6 Å². The smallest absolute Gasteiger partial charge is 0.195 e. The Bertz CT molecular complexity index is 1100. The third-order valence-corrected chi connectivity index (χ3v) is 5.14. The van der Waals surface area contributed by atoms with Crippen LogP contribution in [0, 0.1) is 0 Å². The van der Waals surface area contributed by atoms with E-state index in [1.807, 2.05) is 65.2 Å². The fourth-order valence-electron chi connectivity index (χ4n) is 3.06. The van der Waals surface area contributed by atoms with E-state index < -0.39 is 0 Å². The van der Waals surface area contributed by atoms with Gasteiger partial charge in [-0.3, -0.25) is 9.20 Å². The first-order chi connectivity index (χ1) is 13.2. The molecule has 0 saturated carbocycles. The molecule has 2 aromatic heterocycles. The summed E-state index contributed by atoms with van der Waals surface area (Å²) < 4.78 is 12.7. The van der Waals surface area contributed by atoms with Crippen molar-refractivity contribution in [2.45, 2.75) is 6.92 Å². The van der Waals surface area contributed by atoms with Crippen molar-refractivity contribution in [3.8, 4) is 34.0 Å². The van der Waals surface area contributed by atoms with E-state index in [2.05, 4.69) is 0 Å². The lowest BCUT2D eigenvalue weighted by molar-refractivity contribution is 0.111. The van der Waals surface area contributed by atoms with Crippen LogP contribution >= 0.6 is 11.3 Å². The molecule has 4 rings (SSSR count). The number of thiazole rings is 1. The number of methoxy groups -OCH3 is 1. The number of hydrogen-bond acceptors (Lipinski definition) is 5. The normalized spacial score (nSPS) is 10.9. The number of nitrogens with zero attached hydrogens (tertiary/aromatic N) is 2. The van der Waals surface area contributed by atoms with Gasteiger partial charge in [-0.25, -0.2) is 4.98 Å². The van der Waals surface area contributed by atoms with E-state index in [9.17, 15) is 4.79 Å². The van der Waals surface area contributed by atoms with Crippen LogP contribution in [0.2, 0.25) is 0 Å². The Labute approximate surface area is 160 Å². The average molecular weight is 378 g/mol. The van der Waals surface area contributed by atoms with Crippen LogP contribution in [0.4, 0.5) is 0 Å². The Morgan fingerprint density at radius 3 is 2.63 bits per heavy atom. The van der Waals surface area contributed by atoms with Gasteiger partial charge >= 0.3 is 0 Å². The summed E-state index contributed by atoms with van der Waals surface area (Å²) in [5.74, 6) is 1.57. The molecule has 27 heavy (non-hydrogen) atoms. The lowest BCUT2D eigenvalue weighted by Gasteiger charge is -2.06. The van der Waals surface area contributed by atoms with Gasteiger partial charge in [0.05, 0.1) is 19.4 Å². The number of carbonyl (C=O) groups excluding carboxylic acids is 1. The standard InChI is InChI=1S/C21H18N2O3S/c1-3-26-16-9-7-14(8-10-16)20-18(12-24)23-19(13-27-21(23)22-20)15-5-4-6-17(11-15)25-2/h4-13H,3H2,1-2H3. The minimum Gasteiger partial charge on any atom is -0.497 e. The highest BCUT2D eigenvalue weighted by Crippen LogP contribution is 2.33. The third-order valence-electron chi connectivity index (χ3n) is 4.32. The Morgan fingerprint density at radius 1 is 1.11 bits per heavy atom. The molecule has 2 aromatic carbocycles. The zero-order chi connectivity index (χ0) is 18.8. The molecule has 0 aliphatic rings. The first-order valence-corrected chi connectivity index (χ1v) is 9.46. The largest absolute Gasteiger partial charge is 0.497 e. The molecule has 0 spiro atoms. The van der Waals surface area contributed by atoms with Crippen LogP contribution in [-0.4, -0.2) is 29.4 Å². The molecule has 0 N–H and O–H groups in total. The predicted molar refractivity (Wildman–Crippen MR) is 107 cm³/mol. The molecule has 0 saturated heterocycles. The molecule has 0 aliphatic carbocycles. The van der Waals surface area contributed by atoms with E-state index in [0.29, 0.717) is 18.0 Å². The third kappa shape index (κ3) is 3.08. The summed E-state index contributed by atoms with van der Waals surface area (Å²) in [6.07, 6.45) is 0.863. The molecule has 4 aromatic rings. The molecule has 5 nitrogen and oxygen atoms in total. The van der Waals surface area contributed by atoms with Crippen molar-refractivity contribution in [1.82, 2.24) is 9.38 Å². The maximum absolute atomic E-state index is 11.9. The summed E-state index contributed by atoms with van der Waals surface area (Å²) in [7, 11) is 1.64. The molecular weight excluding hydrogens is 360 g/mol. The van der Waals surface area contributed by atoms with Gasteiger partial charge in [0, 0.05) is 16.5 Å². The second-order valence-corrected chi connectivity index (χ2v) is 6.73. The number of benzene rings is 2. The lowest BCUT2D eigenvalue weighted by Crippen LogP contribution is -1.95. The van der Waals surface area contributed by atoms with Crippen LogP contribution in [0.3, 0.4) is 0 Å². The topological polar surface area (TPSA) is 52.8 Å². The molecular formula is C21H18N2O3S. The van der Waals surface area contributed by atoms with Crippen molar-refractivity contribution in [1.29, 1.82) is 0 Å². The van der Waals surface area contributed by atoms with E-state index in [1.165, 1.54) is 11.3 Å². The highest BCUT2D eigenvalue weighted by molar-refractivity contribution is 7.15. The van der Waals surface area contributed by atoms with Crippen molar-refractivity contribution in [2.24, 2.45) is 0 Å². The first kappa shape index (κ1) is 17.3. The van der Waals surface area contributed by atoms with Gasteiger partial charge in [0.1, 0.15) is 22.9 Å². The van der Waals surface area contributed by atoms with Crippen LogP contribution in [0.5, 0.6) is 11.5 Å². The molecule has 136 valence electrons. The Hall–Kier alpha value is -3.12. The van der Waals surface area contributed by atoms with Crippen molar-refractivity contribution in [3.63, 3.8) is 0 Å². The molecule has 0 atom stereocenters. The number of aldehydes is 1. The number of ether oxygens (including phenoxy) is 2. The van der Waals surface area contributed by atoms with E-state index in [1.54, 1.807) is 7.11 Å². The van der Waals surface area contributed by atoms with Gasteiger partial charge < -0.3 is 9.47 Å². The van der Waals surface area contributed by atoms with Crippen molar-refractivity contribution in [3.05, 3.63) is 59.6 Å². The summed E-state index contributed by atoms with van der Waals surface area (Å²) in [6.45, 7) is 2.56. The van der Waals surface area contributed by atoms with Crippen molar-refractivity contribution in [2.75, 3.05) is 13.7 Å². The Balaban J connectivity index is 1.84. The van der Waals surface area contributed by atoms with E-state index >= 15 is 0 Å². The monoisotopic (exact) mass is 378 g/mol. The van der Waals surface area contributed by atoms with Crippen molar-refractivity contribution < 1.29 is 14.3 Å². The number of rotatable bonds is 6. The summed E-state index contributed by atoms with van der Waals surface area (Å²) in [4.78, 5) is 17.4. The van der Waals surface area contributed by atoms with Gasteiger partial charge in [-0.15, -0.1) is 11.3 Å². The minimum absolute atomic E-state index is 0.535. The van der Waals surface area contributed by atoms with E-state index in [0.717, 1.165) is 39.6 Å². The fraction of sp³-hybridized carbons (Fsp3) is 0.143. The zero-order valence-corrected chi connectivity index (χ0v) is 15.8. The lowest BCUT2D eigenvalue weighted by atomic mass is 10.1. The quantitative estimate of drug-likeness (QED) is 0.446. The van der Waals surface area contributed by atoms with Crippen LogP contribution in [0.25, 0.3) is 27.5 Å². The molecule has 6 heteroatoms. The van der Waals surface area contributed by atoms with E-state index in [-0.39, 0.29) is 0 Å². The summed E-state index contributed by atoms with van der Waals surface area (Å²) in [5.41, 5.74) is 3.98. The predicted octanol–water partition coefficient (Wildman–Crippen LogP) is 4.95. The first-order valence-electron chi connectivity index (χ1n) is 8.58. The number of carbonyl (C=O) groups is 1. The summed E-state index contributed by atoms with van der Waals surface area (Å²) in [6, 6.07) is 15.4. The molecule has 0 fully saturated rings. The van der Waals surface area contributed by atoms with Crippen LogP contribution < -0.4 is 9.47 Å². The minimum atomic E-state index is 0.535. The fourth-order valence-corrected chi connectivity index (χ4v) is 3.97. The van der Waals surface area contributed by atoms with Gasteiger partial charge in [0.2, 0.25) is 0 Å². The number of hydrogen-bond donors (Lipinski definition) is 0. The number of imidazole rings is 1. The van der Waals surface area contributed by atoms with Crippen LogP contribution in [0.1, 0.15) is 17.4 Å². The zero-order valence-electron chi connectivity index (χ0n) is 15.0. The van der Waals surface area contributed by atoms with Gasteiger partial charge in [0.15, 0.2) is 11.2 Å². The maximum atomic E-state index is 11.9. The maximum Gasteiger partial charge on any atom is 0.195 e. The molecule has 0 amide bonds. The van der Waals surface area contributed by atoms with Gasteiger partial charge in [-0.1, -0.05) is 12.1 Å².